The maximum Gasteiger partial charge on any atom is 0.455 e. The van der Waals surface area contributed by atoms with E-state index in [0.717, 1.165) is 26.9 Å². The number of hydrogen-bond donors (Lipinski definition) is 2. The highest BCUT2D eigenvalue weighted by molar-refractivity contribution is 9.10. The van der Waals surface area contributed by atoms with Crippen molar-refractivity contribution in [2.24, 2.45) is 23.7 Å². The molecule has 1 aromatic heterocycles. The zero-order chi connectivity index (χ0) is 29.5. The fraction of sp³-hybridized carbons (Fsp3) is 0.324. The quantitative estimate of drug-likeness (QED) is 0.225. The number of pyridine rings is 1. The summed E-state index contributed by atoms with van der Waals surface area (Å²) in [5, 5.41) is 21.5. The molecule has 2 N–H and O–H groups in total. The molecule has 1 saturated heterocycles. The lowest BCUT2D eigenvalue weighted by molar-refractivity contribution is 0.0594. The van der Waals surface area contributed by atoms with Crippen LogP contribution in [0.15, 0.2) is 82.5 Å². The van der Waals surface area contributed by atoms with Crippen molar-refractivity contribution in [1.82, 2.24) is 4.98 Å². The van der Waals surface area contributed by atoms with Gasteiger partial charge in [-0.1, -0.05) is 65.7 Å². The van der Waals surface area contributed by atoms with Gasteiger partial charge >= 0.3 is 7.12 Å². The maximum absolute atomic E-state index is 13.9. The molecule has 3 aliphatic rings. The Morgan fingerprint density at radius 1 is 1.07 bits per heavy atom. The molecule has 0 spiro atoms. The molecule has 6 rings (SSSR count). The summed E-state index contributed by atoms with van der Waals surface area (Å²) in [4.78, 5) is 32.2. The molecule has 8 heteroatoms. The molecule has 2 aromatic carbocycles. The number of hydrogen-bond acceptors (Lipinski definition) is 6. The van der Waals surface area contributed by atoms with Gasteiger partial charge in [0.1, 0.15) is 5.75 Å². The van der Waals surface area contributed by atoms with Gasteiger partial charge in [-0.25, -0.2) is 0 Å². The van der Waals surface area contributed by atoms with Crippen LogP contribution in [0.3, 0.4) is 0 Å². The number of halogens is 1. The van der Waals surface area contributed by atoms with Gasteiger partial charge in [0.25, 0.3) is 0 Å². The minimum atomic E-state index is -1.03. The number of carbonyl (C=O) groups is 2. The van der Waals surface area contributed by atoms with E-state index in [4.69, 9.17) is 4.65 Å². The third kappa shape index (κ3) is 5.32. The fourth-order valence-corrected chi connectivity index (χ4v) is 7.48. The fourth-order valence-electron chi connectivity index (χ4n) is 7.10. The molecular formula is C34H33BBrNO5. The lowest BCUT2D eigenvalue weighted by atomic mass is 9.53. The largest absolute Gasteiger partial charge is 0.507 e. The van der Waals surface area contributed by atoms with Gasteiger partial charge < -0.3 is 14.8 Å². The van der Waals surface area contributed by atoms with Crippen molar-refractivity contribution in [3.05, 3.63) is 105 Å². The summed E-state index contributed by atoms with van der Waals surface area (Å²) in [7, 11) is -1.03. The van der Waals surface area contributed by atoms with Crippen molar-refractivity contribution in [3.63, 3.8) is 0 Å². The van der Waals surface area contributed by atoms with Crippen LogP contribution in [0, 0.1) is 23.7 Å². The number of aromatic nitrogens is 1. The lowest BCUT2D eigenvalue weighted by Gasteiger charge is -2.48. The summed E-state index contributed by atoms with van der Waals surface area (Å²) in [6.07, 6.45) is 5.19. The number of rotatable bonds is 6. The Labute approximate surface area is 254 Å². The van der Waals surface area contributed by atoms with Crippen molar-refractivity contribution in [2.75, 3.05) is 0 Å². The van der Waals surface area contributed by atoms with E-state index in [1.54, 1.807) is 36.5 Å². The maximum atomic E-state index is 13.9. The molecule has 0 unspecified atom stereocenters. The normalized spacial score (nSPS) is 24.0. The molecule has 1 aliphatic heterocycles. The SMILES string of the molecule is CC(C)C1=C2[C@@H](CC/C(=C/c3cc(Br)ccc3O)c3ccccn3)OB(O)C[C@@H]2[C@@H]2C(=O)c3ccccc3C(=O)[C@@H]2C1. The topological polar surface area (TPSA) is 96.7 Å². The van der Waals surface area contributed by atoms with Crippen LogP contribution in [0.25, 0.3) is 11.6 Å². The minimum Gasteiger partial charge on any atom is -0.507 e. The smallest absolute Gasteiger partial charge is 0.455 e. The first-order chi connectivity index (χ1) is 20.2. The van der Waals surface area contributed by atoms with Crippen LogP contribution in [-0.2, 0) is 4.65 Å². The Kier molecular flexibility index (Phi) is 8.05. The van der Waals surface area contributed by atoms with Crippen LogP contribution in [0.5, 0.6) is 5.75 Å². The first-order valence-electron chi connectivity index (χ1n) is 14.6. The molecule has 1 fully saturated rings. The summed E-state index contributed by atoms with van der Waals surface area (Å²) in [5.41, 5.74) is 5.61. The summed E-state index contributed by atoms with van der Waals surface area (Å²) < 4.78 is 7.08. The van der Waals surface area contributed by atoms with E-state index in [2.05, 4.69) is 34.8 Å². The summed E-state index contributed by atoms with van der Waals surface area (Å²) >= 11 is 3.49. The minimum absolute atomic E-state index is 0.00689. The van der Waals surface area contributed by atoms with Crippen molar-refractivity contribution >= 4 is 46.3 Å². The van der Waals surface area contributed by atoms with Crippen molar-refractivity contribution in [2.45, 2.75) is 45.5 Å². The van der Waals surface area contributed by atoms with Crippen LogP contribution in [-0.4, -0.2) is 39.9 Å². The molecule has 0 saturated carbocycles. The van der Waals surface area contributed by atoms with Crippen LogP contribution < -0.4 is 0 Å². The van der Waals surface area contributed by atoms with E-state index in [9.17, 15) is 19.7 Å². The van der Waals surface area contributed by atoms with Gasteiger partial charge in [0.2, 0.25) is 0 Å². The molecule has 3 aromatic rings. The summed E-state index contributed by atoms with van der Waals surface area (Å²) in [6, 6.07) is 18.2. The highest BCUT2D eigenvalue weighted by Gasteiger charge is 2.53. The monoisotopic (exact) mass is 625 g/mol. The van der Waals surface area contributed by atoms with Crippen molar-refractivity contribution in [1.29, 1.82) is 0 Å². The number of fused-ring (bicyclic) bond motifs is 4. The van der Waals surface area contributed by atoms with Gasteiger partial charge in [0.05, 0.1) is 11.8 Å². The van der Waals surface area contributed by atoms with E-state index in [1.807, 2.05) is 36.4 Å². The molecule has 0 bridgehead atoms. The zero-order valence-electron chi connectivity index (χ0n) is 23.7. The number of ketones is 2. The van der Waals surface area contributed by atoms with Crippen molar-refractivity contribution < 1.29 is 24.4 Å². The standard InChI is InChI=1S/C34H33BBrNO5/c1-19(2)25-17-26-32(34(40)24-8-4-3-7-23(24)33(26)39)27-18-35(41)42-30(31(25)27)13-10-20(28-9-5-6-14-37-28)15-21-16-22(36)11-12-29(21)38/h3-9,11-12,14-16,19,26-27,30,32,38,41H,10,13,17-18H2,1-2H3/b20-15-/t26-,27+,30-,32-/m1/s1. The first kappa shape index (κ1) is 28.8. The Bertz CT molecular complexity index is 1600. The number of Topliss-reactive ketones (excluding diaryl/α,β-unsaturated/α-hetero) is 2. The summed E-state index contributed by atoms with van der Waals surface area (Å²) in [5.74, 6) is -0.847. The highest BCUT2D eigenvalue weighted by Crippen LogP contribution is 2.52. The van der Waals surface area contributed by atoms with Gasteiger partial charge in [0.15, 0.2) is 11.6 Å². The molecule has 42 heavy (non-hydrogen) atoms. The Morgan fingerprint density at radius 3 is 2.52 bits per heavy atom. The van der Waals surface area contributed by atoms with Gasteiger partial charge in [-0.3, -0.25) is 14.6 Å². The average Bonchev–Trinajstić information content (AvgIpc) is 2.99. The predicted octanol–water partition coefficient (Wildman–Crippen LogP) is 7.03. The van der Waals surface area contributed by atoms with E-state index >= 15 is 0 Å². The second-order valence-corrected chi connectivity index (χ2v) is 12.7. The molecule has 214 valence electrons. The molecule has 6 nitrogen and oxygen atoms in total. The second-order valence-electron chi connectivity index (χ2n) is 11.8. The van der Waals surface area contributed by atoms with Gasteiger partial charge in [0, 0.05) is 39.2 Å². The number of nitrogens with zero attached hydrogens (tertiary/aromatic N) is 1. The van der Waals surface area contributed by atoms with Gasteiger partial charge in [-0.15, -0.1) is 0 Å². The Balaban J connectivity index is 1.38. The lowest BCUT2D eigenvalue weighted by Crippen LogP contribution is -2.51. The van der Waals surface area contributed by atoms with E-state index in [-0.39, 0.29) is 29.2 Å². The number of phenolic OH excluding ortho intramolecular Hbond substituents is 1. The van der Waals surface area contributed by atoms with E-state index in [1.165, 1.54) is 0 Å². The van der Waals surface area contributed by atoms with Gasteiger partial charge in [-0.05, 0) is 85.0 Å². The number of carbonyl (C=O) groups excluding carboxylic acids is 2. The highest BCUT2D eigenvalue weighted by atomic mass is 79.9. The summed E-state index contributed by atoms with van der Waals surface area (Å²) in [6.45, 7) is 4.25. The molecule has 0 amide bonds. The molecule has 2 heterocycles. The average molecular weight is 626 g/mol. The number of allylic oxidation sites excluding steroid dienone is 2. The Morgan fingerprint density at radius 2 is 1.81 bits per heavy atom. The number of aromatic hydroxyl groups is 1. The van der Waals surface area contributed by atoms with E-state index in [0.29, 0.717) is 42.3 Å². The molecule has 2 aliphatic carbocycles. The molecule has 0 radical (unpaired) electrons. The Hall–Kier alpha value is -3.33. The second kappa shape index (κ2) is 11.7. The number of phenols is 1. The van der Waals surface area contributed by atoms with Gasteiger partial charge in [-0.2, -0.15) is 0 Å². The van der Waals surface area contributed by atoms with E-state index < -0.39 is 25.1 Å². The van der Waals surface area contributed by atoms with Crippen LogP contribution in [0.1, 0.15) is 65.1 Å². The zero-order valence-corrected chi connectivity index (χ0v) is 25.3. The first-order valence-corrected chi connectivity index (χ1v) is 15.4. The third-order valence-electron chi connectivity index (χ3n) is 8.98. The third-order valence-corrected chi connectivity index (χ3v) is 9.48. The van der Waals surface area contributed by atoms with Crippen LogP contribution in [0.2, 0.25) is 6.32 Å². The molecule has 4 atom stereocenters. The number of benzene rings is 2. The van der Waals surface area contributed by atoms with Crippen molar-refractivity contribution in [3.8, 4) is 5.75 Å². The molecular weight excluding hydrogens is 593 g/mol. The predicted molar refractivity (Wildman–Crippen MR) is 167 cm³/mol. The van der Waals surface area contributed by atoms with Crippen LogP contribution >= 0.6 is 15.9 Å². The van der Waals surface area contributed by atoms with Crippen LogP contribution in [0.4, 0.5) is 0 Å².